The largest absolute Gasteiger partial charge is 0.358 e. The lowest BCUT2D eigenvalue weighted by molar-refractivity contribution is 0.380. The first-order chi connectivity index (χ1) is 11.3. The number of aromatic amines is 1. The van der Waals surface area contributed by atoms with E-state index in [-0.39, 0.29) is 0 Å². The number of aryl methyl sites for hydroxylation is 1. The van der Waals surface area contributed by atoms with Crippen LogP contribution in [0.1, 0.15) is 28.7 Å². The summed E-state index contributed by atoms with van der Waals surface area (Å²) in [6, 6.07) is 14.1. The van der Waals surface area contributed by atoms with E-state index in [1.165, 1.54) is 10.9 Å². The molecule has 0 fully saturated rings. The predicted molar refractivity (Wildman–Crippen MR) is 87.2 cm³/mol. The van der Waals surface area contributed by atoms with Gasteiger partial charge in [0.05, 0.1) is 12.8 Å². The van der Waals surface area contributed by atoms with Crippen molar-refractivity contribution in [3.8, 4) is 0 Å². The predicted octanol–water partition coefficient (Wildman–Crippen LogP) is 3.44. The normalized spacial score (nSPS) is 11.2. The van der Waals surface area contributed by atoms with Crippen molar-refractivity contribution in [2.45, 2.75) is 19.8 Å². The maximum Gasteiger partial charge on any atom is 0.231 e. The van der Waals surface area contributed by atoms with Gasteiger partial charge in [0.25, 0.3) is 0 Å². The number of fused-ring (bicyclic) bond motifs is 1. The van der Waals surface area contributed by atoms with Crippen molar-refractivity contribution in [2.24, 2.45) is 0 Å². The minimum Gasteiger partial charge on any atom is -0.358 e. The summed E-state index contributed by atoms with van der Waals surface area (Å²) in [4.78, 5) is 12.2. The first-order valence-electron chi connectivity index (χ1n) is 7.57. The van der Waals surface area contributed by atoms with Crippen molar-refractivity contribution in [2.75, 3.05) is 0 Å². The Kier molecular flexibility index (Phi) is 3.38. The minimum absolute atomic E-state index is 0.581. The zero-order chi connectivity index (χ0) is 15.6. The highest BCUT2D eigenvalue weighted by Gasteiger charge is 2.13. The highest BCUT2D eigenvalue weighted by Crippen LogP contribution is 2.24. The standard InChI is InChI=1S/C18H16N4O/c1-12-15(14-7-2-3-8-16(14)20-12)11-18-21-17(22-23-18)10-13-6-4-5-9-19-13/h2-9,20H,10-11H2,1H3. The van der Waals surface area contributed by atoms with Gasteiger partial charge in [0.1, 0.15) is 0 Å². The van der Waals surface area contributed by atoms with Crippen LogP contribution < -0.4 is 0 Å². The Morgan fingerprint density at radius 3 is 2.78 bits per heavy atom. The molecule has 0 aliphatic rings. The lowest BCUT2D eigenvalue weighted by Gasteiger charge is -1.96. The number of nitrogens with zero attached hydrogens (tertiary/aromatic N) is 3. The molecule has 0 saturated heterocycles. The number of H-pyrrole nitrogens is 1. The van der Waals surface area contributed by atoms with Gasteiger partial charge >= 0.3 is 0 Å². The van der Waals surface area contributed by atoms with Crippen molar-refractivity contribution >= 4 is 10.9 Å². The highest BCUT2D eigenvalue weighted by atomic mass is 16.5. The zero-order valence-corrected chi connectivity index (χ0v) is 12.8. The molecule has 23 heavy (non-hydrogen) atoms. The molecule has 1 aromatic carbocycles. The summed E-state index contributed by atoms with van der Waals surface area (Å²) in [5.74, 6) is 1.29. The Labute approximate surface area is 133 Å². The molecule has 114 valence electrons. The fourth-order valence-electron chi connectivity index (χ4n) is 2.81. The van der Waals surface area contributed by atoms with E-state index in [1.807, 2.05) is 30.3 Å². The third-order valence-electron chi connectivity index (χ3n) is 3.93. The van der Waals surface area contributed by atoms with Gasteiger partial charge < -0.3 is 9.51 Å². The van der Waals surface area contributed by atoms with Crippen molar-refractivity contribution in [1.29, 1.82) is 0 Å². The summed E-state index contributed by atoms with van der Waals surface area (Å²) < 4.78 is 5.41. The monoisotopic (exact) mass is 304 g/mol. The number of nitrogens with one attached hydrogen (secondary N) is 1. The average Bonchev–Trinajstić information content (AvgIpc) is 3.14. The third kappa shape index (κ3) is 2.73. The fraction of sp³-hybridized carbons (Fsp3) is 0.167. The third-order valence-corrected chi connectivity index (χ3v) is 3.93. The maximum atomic E-state index is 5.41. The minimum atomic E-state index is 0.581. The van der Waals surface area contributed by atoms with Crippen molar-refractivity contribution in [1.82, 2.24) is 20.1 Å². The SMILES string of the molecule is Cc1[nH]c2ccccc2c1Cc1nc(Cc2ccccn2)no1. The summed E-state index contributed by atoms with van der Waals surface area (Å²) in [6.07, 6.45) is 2.98. The molecule has 4 aromatic rings. The maximum absolute atomic E-state index is 5.41. The summed E-state index contributed by atoms with van der Waals surface area (Å²) in [6.45, 7) is 2.07. The summed E-state index contributed by atoms with van der Waals surface area (Å²) in [5, 5.41) is 5.27. The molecule has 3 aromatic heterocycles. The van der Waals surface area contributed by atoms with Crippen LogP contribution in [0.25, 0.3) is 10.9 Å². The molecular formula is C18H16N4O. The lowest BCUT2D eigenvalue weighted by atomic mass is 10.1. The van der Waals surface area contributed by atoms with Gasteiger partial charge in [-0.05, 0) is 30.7 Å². The van der Waals surface area contributed by atoms with Gasteiger partial charge in [0, 0.05) is 28.5 Å². The Morgan fingerprint density at radius 1 is 1.04 bits per heavy atom. The molecule has 5 heteroatoms. The van der Waals surface area contributed by atoms with Crippen LogP contribution in [0, 0.1) is 6.92 Å². The number of para-hydroxylation sites is 1. The van der Waals surface area contributed by atoms with Crippen LogP contribution >= 0.6 is 0 Å². The molecule has 0 aliphatic carbocycles. The van der Waals surface area contributed by atoms with E-state index in [2.05, 4.69) is 39.2 Å². The average molecular weight is 304 g/mol. The van der Waals surface area contributed by atoms with Gasteiger partial charge in [-0.25, -0.2) is 0 Å². The number of hydrogen-bond donors (Lipinski definition) is 1. The van der Waals surface area contributed by atoms with Crippen LogP contribution in [0.4, 0.5) is 0 Å². The van der Waals surface area contributed by atoms with Crippen LogP contribution in [0.3, 0.4) is 0 Å². The van der Waals surface area contributed by atoms with E-state index in [9.17, 15) is 0 Å². The first kappa shape index (κ1) is 13.7. The molecule has 0 atom stereocenters. The molecule has 0 spiro atoms. The van der Waals surface area contributed by atoms with Gasteiger partial charge in [-0.15, -0.1) is 0 Å². The van der Waals surface area contributed by atoms with Crippen LogP contribution in [-0.4, -0.2) is 20.1 Å². The van der Waals surface area contributed by atoms with Crippen molar-refractivity contribution < 1.29 is 4.52 Å². The topological polar surface area (TPSA) is 67.6 Å². The lowest BCUT2D eigenvalue weighted by Crippen LogP contribution is -1.94. The van der Waals surface area contributed by atoms with E-state index in [1.54, 1.807) is 6.20 Å². The first-order valence-corrected chi connectivity index (χ1v) is 7.57. The zero-order valence-electron chi connectivity index (χ0n) is 12.8. The van der Waals surface area contributed by atoms with E-state index in [4.69, 9.17) is 4.52 Å². The number of benzene rings is 1. The van der Waals surface area contributed by atoms with Gasteiger partial charge in [0.15, 0.2) is 5.82 Å². The molecule has 3 heterocycles. The van der Waals surface area contributed by atoms with Gasteiger partial charge in [-0.1, -0.05) is 29.4 Å². The van der Waals surface area contributed by atoms with E-state index >= 15 is 0 Å². The summed E-state index contributed by atoms with van der Waals surface area (Å²) in [7, 11) is 0. The Balaban J connectivity index is 1.58. The van der Waals surface area contributed by atoms with Gasteiger partial charge in [0.2, 0.25) is 5.89 Å². The quantitative estimate of drug-likeness (QED) is 0.627. The van der Waals surface area contributed by atoms with Crippen molar-refractivity contribution in [3.05, 3.63) is 77.3 Å². The summed E-state index contributed by atoms with van der Waals surface area (Å²) >= 11 is 0. The van der Waals surface area contributed by atoms with Gasteiger partial charge in [-0.3, -0.25) is 4.98 Å². The van der Waals surface area contributed by atoms with E-state index < -0.39 is 0 Å². The molecular weight excluding hydrogens is 288 g/mol. The smallest absolute Gasteiger partial charge is 0.231 e. The fourth-order valence-corrected chi connectivity index (χ4v) is 2.81. The van der Waals surface area contributed by atoms with Crippen LogP contribution in [0.2, 0.25) is 0 Å². The van der Waals surface area contributed by atoms with E-state index in [0.29, 0.717) is 24.6 Å². The molecule has 0 unspecified atom stereocenters. The second-order valence-corrected chi connectivity index (χ2v) is 5.55. The molecule has 5 nitrogen and oxygen atoms in total. The second-order valence-electron chi connectivity index (χ2n) is 5.55. The molecule has 0 bridgehead atoms. The second kappa shape index (κ2) is 5.68. The molecule has 0 amide bonds. The van der Waals surface area contributed by atoms with E-state index in [0.717, 1.165) is 16.9 Å². The molecule has 0 aliphatic heterocycles. The van der Waals surface area contributed by atoms with Gasteiger partial charge in [-0.2, -0.15) is 4.98 Å². The van der Waals surface area contributed by atoms with Crippen LogP contribution in [0.5, 0.6) is 0 Å². The molecule has 1 N–H and O–H groups in total. The summed E-state index contributed by atoms with van der Waals surface area (Å²) in [5.41, 5.74) is 4.40. The highest BCUT2D eigenvalue weighted by molar-refractivity contribution is 5.84. The Bertz CT molecular complexity index is 940. The molecule has 4 rings (SSSR count). The number of hydrogen-bond acceptors (Lipinski definition) is 4. The Morgan fingerprint density at radius 2 is 1.91 bits per heavy atom. The van der Waals surface area contributed by atoms with Crippen LogP contribution in [0.15, 0.2) is 53.2 Å². The number of aromatic nitrogens is 4. The van der Waals surface area contributed by atoms with Crippen molar-refractivity contribution in [3.63, 3.8) is 0 Å². The molecule has 0 radical (unpaired) electrons. The number of rotatable bonds is 4. The number of pyridine rings is 1. The Hall–Kier alpha value is -2.95. The molecule has 0 saturated carbocycles. The van der Waals surface area contributed by atoms with Crippen LogP contribution in [-0.2, 0) is 12.8 Å².